The monoisotopic (exact) mass is 501 g/mol. The number of halogens is 1. The molecule has 35 heavy (non-hydrogen) atoms. The van der Waals surface area contributed by atoms with Gasteiger partial charge in [0.1, 0.15) is 5.75 Å². The number of carbonyl (C=O) groups excluding carboxylic acids is 1. The summed E-state index contributed by atoms with van der Waals surface area (Å²) in [6.45, 7) is 5.50. The number of ether oxygens (including phenoxy) is 1. The van der Waals surface area contributed by atoms with Crippen molar-refractivity contribution in [3.8, 4) is 5.75 Å². The van der Waals surface area contributed by atoms with E-state index >= 15 is 0 Å². The van der Waals surface area contributed by atoms with Crippen molar-refractivity contribution >= 4 is 45.4 Å². The second-order valence-corrected chi connectivity index (χ2v) is 9.19. The average Bonchev–Trinajstić information content (AvgIpc) is 3.31. The van der Waals surface area contributed by atoms with Gasteiger partial charge < -0.3 is 25.6 Å². The number of benzene rings is 1. The molecule has 1 aliphatic heterocycles. The number of methoxy groups -OCH3 is 1. The maximum atomic E-state index is 14.6. The van der Waals surface area contributed by atoms with Gasteiger partial charge >= 0.3 is 5.00 Å². The number of nitro groups is 1. The second-order valence-electron chi connectivity index (χ2n) is 8.13. The van der Waals surface area contributed by atoms with E-state index < -0.39 is 16.6 Å². The van der Waals surface area contributed by atoms with Crippen LogP contribution in [0.5, 0.6) is 5.75 Å². The maximum Gasteiger partial charge on any atom is 0.324 e. The zero-order chi connectivity index (χ0) is 25.1. The van der Waals surface area contributed by atoms with Crippen LogP contribution in [0.4, 0.5) is 32.5 Å². The summed E-state index contributed by atoms with van der Waals surface area (Å²) in [7, 11) is 1.44. The molecule has 0 saturated carbocycles. The van der Waals surface area contributed by atoms with Crippen LogP contribution >= 0.6 is 11.3 Å². The first-order valence-electron chi connectivity index (χ1n) is 10.8. The number of hydrogen-bond acceptors (Lipinski definition) is 10. The van der Waals surface area contributed by atoms with Gasteiger partial charge in [0.25, 0.3) is 5.91 Å². The van der Waals surface area contributed by atoms with Crippen molar-refractivity contribution in [3.63, 3.8) is 0 Å². The molecule has 0 bridgehead atoms. The standard InChI is InChI=1S/C22H24FN7O4S/c1-12-10-29(11-13(2)25-12)22-24-9-15(23)20(28-22)26-14-4-5-17(34-3)16(8-14)27-21(31)18-6-7-19(35-18)30(32)33/h4-9,12-13,25H,10-11H2,1-3H3,(H,27,31)(H,24,26,28)/t12-,13+. The molecule has 1 amide bonds. The number of rotatable bonds is 7. The Kier molecular flexibility index (Phi) is 7.07. The highest BCUT2D eigenvalue weighted by atomic mass is 32.1. The summed E-state index contributed by atoms with van der Waals surface area (Å²) in [5.74, 6) is -0.392. The summed E-state index contributed by atoms with van der Waals surface area (Å²) < 4.78 is 19.9. The topological polar surface area (TPSA) is 135 Å². The number of aromatic nitrogens is 2. The Labute approximate surface area is 204 Å². The minimum absolute atomic E-state index is 0.00911. The minimum atomic E-state index is -0.628. The smallest absolute Gasteiger partial charge is 0.324 e. The summed E-state index contributed by atoms with van der Waals surface area (Å²) >= 11 is 0.763. The second kappa shape index (κ2) is 10.2. The number of piperazine rings is 1. The van der Waals surface area contributed by atoms with E-state index in [1.165, 1.54) is 19.2 Å². The number of hydrogen-bond donors (Lipinski definition) is 3. The first-order chi connectivity index (χ1) is 16.7. The highest BCUT2D eigenvalue weighted by molar-refractivity contribution is 7.17. The van der Waals surface area contributed by atoms with Gasteiger partial charge in [-0.15, -0.1) is 0 Å². The van der Waals surface area contributed by atoms with E-state index in [2.05, 4.69) is 39.8 Å². The summed E-state index contributed by atoms with van der Waals surface area (Å²) in [5, 5.41) is 19.8. The van der Waals surface area contributed by atoms with Gasteiger partial charge in [-0.25, -0.2) is 9.37 Å². The lowest BCUT2D eigenvalue weighted by molar-refractivity contribution is -0.380. The Balaban J connectivity index is 1.55. The Hall–Kier alpha value is -3.84. The van der Waals surface area contributed by atoms with E-state index in [1.807, 2.05) is 4.90 Å². The fourth-order valence-corrected chi connectivity index (χ4v) is 4.56. The zero-order valence-electron chi connectivity index (χ0n) is 19.2. The summed E-state index contributed by atoms with van der Waals surface area (Å²) in [5.41, 5.74) is 0.752. The fraction of sp³-hybridized carbons (Fsp3) is 0.318. The van der Waals surface area contributed by atoms with E-state index in [4.69, 9.17) is 4.74 Å². The Bertz CT molecular complexity index is 1240. The molecule has 0 radical (unpaired) electrons. The average molecular weight is 502 g/mol. The molecule has 3 N–H and O–H groups in total. The van der Waals surface area contributed by atoms with Crippen LogP contribution in [-0.4, -0.2) is 53.1 Å². The van der Waals surface area contributed by atoms with Crippen LogP contribution in [0.1, 0.15) is 23.5 Å². The van der Waals surface area contributed by atoms with Gasteiger partial charge in [0.05, 0.1) is 28.8 Å². The molecule has 1 aliphatic rings. The van der Waals surface area contributed by atoms with Gasteiger partial charge in [-0.2, -0.15) is 4.98 Å². The van der Waals surface area contributed by atoms with Crippen LogP contribution in [-0.2, 0) is 0 Å². The van der Waals surface area contributed by atoms with Crippen molar-refractivity contribution in [1.29, 1.82) is 0 Å². The van der Waals surface area contributed by atoms with Gasteiger partial charge in [0.2, 0.25) is 5.95 Å². The molecule has 3 heterocycles. The fourth-order valence-electron chi connectivity index (χ4n) is 3.84. The molecule has 1 fully saturated rings. The van der Waals surface area contributed by atoms with E-state index in [0.717, 1.165) is 17.5 Å². The SMILES string of the molecule is COc1ccc(Nc2nc(N3C[C@@H](C)N[C@@H](C)C3)ncc2F)cc1NC(=O)c1ccc([N+](=O)[O-])s1. The molecule has 2 aromatic heterocycles. The molecule has 3 aromatic rings. The largest absolute Gasteiger partial charge is 0.495 e. The highest BCUT2D eigenvalue weighted by Crippen LogP contribution is 2.32. The third-order valence-corrected chi connectivity index (χ3v) is 6.31. The Morgan fingerprint density at radius 2 is 2.03 bits per heavy atom. The van der Waals surface area contributed by atoms with Crippen LogP contribution in [0.15, 0.2) is 36.5 Å². The quantitative estimate of drug-likeness (QED) is 0.327. The molecule has 184 valence electrons. The van der Waals surface area contributed by atoms with Crippen molar-refractivity contribution in [1.82, 2.24) is 15.3 Å². The third-order valence-electron chi connectivity index (χ3n) is 5.28. The van der Waals surface area contributed by atoms with Crippen molar-refractivity contribution in [2.24, 2.45) is 0 Å². The lowest BCUT2D eigenvalue weighted by atomic mass is 10.1. The van der Waals surface area contributed by atoms with Crippen molar-refractivity contribution in [3.05, 3.63) is 57.3 Å². The summed E-state index contributed by atoms with van der Waals surface area (Å²) in [6, 6.07) is 7.94. The molecule has 0 spiro atoms. The van der Waals surface area contributed by atoms with E-state index in [9.17, 15) is 19.3 Å². The highest BCUT2D eigenvalue weighted by Gasteiger charge is 2.24. The normalized spacial score (nSPS) is 17.7. The Morgan fingerprint density at radius 3 is 2.69 bits per heavy atom. The van der Waals surface area contributed by atoms with Crippen LogP contribution < -0.4 is 25.6 Å². The van der Waals surface area contributed by atoms with Crippen LogP contribution in [0.25, 0.3) is 0 Å². The van der Waals surface area contributed by atoms with Crippen molar-refractivity contribution < 1.29 is 18.8 Å². The Morgan fingerprint density at radius 1 is 1.29 bits per heavy atom. The zero-order valence-corrected chi connectivity index (χ0v) is 20.1. The lowest BCUT2D eigenvalue weighted by Gasteiger charge is -2.36. The molecular weight excluding hydrogens is 477 g/mol. The van der Waals surface area contributed by atoms with Gasteiger partial charge in [0.15, 0.2) is 11.6 Å². The van der Waals surface area contributed by atoms with Crippen molar-refractivity contribution in [2.45, 2.75) is 25.9 Å². The first-order valence-corrected chi connectivity index (χ1v) is 11.6. The molecule has 11 nitrogen and oxygen atoms in total. The van der Waals surface area contributed by atoms with E-state index in [0.29, 0.717) is 36.2 Å². The first kappa shape index (κ1) is 24.3. The molecule has 4 rings (SSSR count). The lowest BCUT2D eigenvalue weighted by Crippen LogP contribution is -2.54. The molecular formula is C22H24FN7O4S. The molecule has 2 atom stereocenters. The van der Waals surface area contributed by atoms with E-state index in [-0.39, 0.29) is 27.8 Å². The summed E-state index contributed by atoms with van der Waals surface area (Å²) in [6.07, 6.45) is 1.12. The molecule has 0 aliphatic carbocycles. The molecule has 1 aromatic carbocycles. The van der Waals surface area contributed by atoms with Gasteiger partial charge in [0, 0.05) is 36.9 Å². The third kappa shape index (κ3) is 5.63. The van der Waals surface area contributed by atoms with Gasteiger partial charge in [-0.1, -0.05) is 11.3 Å². The number of nitrogens with zero attached hydrogens (tertiary/aromatic N) is 4. The number of amides is 1. The predicted octanol–water partition coefficient (Wildman–Crippen LogP) is 3.78. The van der Waals surface area contributed by atoms with Gasteiger partial charge in [-0.05, 0) is 38.1 Å². The van der Waals surface area contributed by atoms with Crippen molar-refractivity contribution in [2.75, 3.05) is 35.7 Å². The number of anilines is 4. The van der Waals surface area contributed by atoms with E-state index in [1.54, 1.807) is 18.2 Å². The summed E-state index contributed by atoms with van der Waals surface area (Å²) in [4.78, 5) is 33.7. The maximum absolute atomic E-state index is 14.6. The molecule has 13 heteroatoms. The van der Waals surface area contributed by atoms with Crippen LogP contribution in [0.2, 0.25) is 0 Å². The number of nitrogens with one attached hydrogen (secondary N) is 3. The minimum Gasteiger partial charge on any atom is -0.495 e. The number of carbonyl (C=O) groups is 1. The van der Waals surface area contributed by atoms with Crippen LogP contribution in [0.3, 0.4) is 0 Å². The predicted molar refractivity (Wildman–Crippen MR) is 131 cm³/mol. The number of thiophene rings is 1. The van der Waals surface area contributed by atoms with Crippen LogP contribution in [0, 0.1) is 15.9 Å². The molecule has 1 saturated heterocycles. The molecule has 0 unspecified atom stereocenters. The van der Waals surface area contributed by atoms with Gasteiger partial charge in [-0.3, -0.25) is 14.9 Å².